The largest absolute Gasteiger partial charge is 0.496 e. The van der Waals surface area contributed by atoms with E-state index >= 15 is 0 Å². The Morgan fingerprint density at radius 3 is 2.79 bits per heavy atom. The Balaban J connectivity index is 2.34. The van der Waals surface area contributed by atoms with Gasteiger partial charge in [-0.3, -0.25) is 0 Å². The fourth-order valence-corrected chi connectivity index (χ4v) is 2.03. The quantitative estimate of drug-likeness (QED) is 0.812. The predicted octanol–water partition coefficient (Wildman–Crippen LogP) is 2.42. The summed E-state index contributed by atoms with van der Waals surface area (Å²) in [4.78, 5) is 0. The van der Waals surface area contributed by atoms with Gasteiger partial charge in [-0.2, -0.15) is 0 Å². The molecule has 3 heteroatoms. The molecule has 1 aromatic rings. The topological polar surface area (TPSA) is 21.3 Å². The summed E-state index contributed by atoms with van der Waals surface area (Å²) in [5.74, 6) is 1.47. The molecule has 1 aliphatic rings. The standard InChI is InChI=1S/C11H14ClNO/c1-7-10(6-13-7)9-5-8(12)3-4-11(9)14-2/h3-5,7,10,13H,6H2,1-2H3. The molecule has 1 aliphatic heterocycles. The molecule has 0 bridgehead atoms. The minimum atomic E-state index is 0.516. The highest BCUT2D eigenvalue weighted by molar-refractivity contribution is 6.30. The monoisotopic (exact) mass is 211 g/mol. The molecule has 14 heavy (non-hydrogen) atoms. The summed E-state index contributed by atoms with van der Waals surface area (Å²) in [6.07, 6.45) is 0. The van der Waals surface area contributed by atoms with Gasteiger partial charge in [0.25, 0.3) is 0 Å². The molecule has 0 aliphatic carbocycles. The van der Waals surface area contributed by atoms with Crippen molar-refractivity contribution in [3.8, 4) is 5.75 Å². The highest BCUT2D eigenvalue weighted by Gasteiger charge is 2.29. The van der Waals surface area contributed by atoms with Gasteiger partial charge in [-0.25, -0.2) is 0 Å². The van der Waals surface area contributed by atoms with Gasteiger partial charge in [-0.05, 0) is 25.1 Å². The third kappa shape index (κ3) is 1.60. The van der Waals surface area contributed by atoms with E-state index in [1.165, 1.54) is 5.56 Å². The number of rotatable bonds is 2. The third-order valence-electron chi connectivity index (χ3n) is 2.85. The summed E-state index contributed by atoms with van der Waals surface area (Å²) < 4.78 is 5.32. The lowest BCUT2D eigenvalue weighted by atomic mass is 9.85. The number of hydrogen-bond acceptors (Lipinski definition) is 2. The van der Waals surface area contributed by atoms with Crippen molar-refractivity contribution in [2.24, 2.45) is 0 Å². The molecule has 0 spiro atoms. The van der Waals surface area contributed by atoms with Gasteiger partial charge in [-0.1, -0.05) is 11.6 Å². The van der Waals surface area contributed by atoms with Crippen molar-refractivity contribution < 1.29 is 4.74 Å². The van der Waals surface area contributed by atoms with E-state index in [9.17, 15) is 0 Å². The van der Waals surface area contributed by atoms with Gasteiger partial charge >= 0.3 is 0 Å². The maximum atomic E-state index is 5.97. The van der Waals surface area contributed by atoms with E-state index in [-0.39, 0.29) is 0 Å². The zero-order chi connectivity index (χ0) is 10.1. The summed E-state index contributed by atoms with van der Waals surface area (Å²) in [5, 5.41) is 4.11. The van der Waals surface area contributed by atoms with Crippen LogP contribution in [0.4, 0.5) is 0 Å². The highest BCUT2D eigenvalue weighted by atomic mass is 35.5. The Morgan fingerprint density at radius 2 is 2.29 bits per heavy atom. The molecule has 1 aromatic carbocycles. The van der Waals surface area contributed by atoms with Crippen LogP contribution in [0.3, 0.4) is 0 Å². The SMILES string of the molecule is COc1ccc(Cl)cc1C1CNC1C. The molecule has 0 amide bonds. The number of methoxy groups -OCH3 is 1. The summed E-state index contributed by atoms with van der Waals surface area (Å²) >= 11 is 5.97. The van der Waals surface area contributed by atoms with E-state index < -0.39 is 0 Å². The predicted molar refractivity (Wildman–Crippen MR) is 58.2 cm³/mol. The Labute approximate surface area is 89.2 Å². The van der Waals surface area contributed by atoms with E-state index in [4.69, 9.17) is 16.3 Å². The van der Waals surface area contributed by atoms with Crippen molar-refractivity contribution in [2.45, 2.75) is 18.9 Å². The van der Waals surface area contributed by atoms with E-state index in [1.807, 2.05) is 18.2 Å². The zero-order valence-electron chi connectivity index (χ0n) is 8.38. The first-order chi connectivity index (χ1) is 6.72. The van der Waals surface area contributed by atoms with Gasteiger partial charge in [0.2, 0.25) is 0 Å². The van der Waals surface area contributed by atoms with Gasteiger partial charge in [0.15, 0.2) is 0 Å². The van der Waals surface area contributed by atoms with Crippen LogP contribution < -0.4 is 10.1 Å². The summed E-state index contributed by atoms with van der Waals surface area (Å²) in [7, 11) is 1.70. The number of hydrogen-bond donors (Lipinski definition) is 1. The lowest BCUT2D eigenvalue weighted by molar-refractivity contribution is 0.320. The first-order valence-electron chi connectivity index (χ1n) is 4.79. The fraction of sp³-hybridized carbons (Fsp3) is 0.455. The van der Waals surface area contributed by atoms with E-state index in [1.54, 1.807) is 7.11 Å². The van der Waals surface area contributed by atoms with Crippen LogP contribution in [-0.4, -0.2) is 19.7 Å². The van der Waals surface area contributed by atoms with Crippen LogP contribution in [0, 0.1) is 0 Å². The average molecular weight is 212 g/mol. The molecule has 1 fully saturated rings. The Kier molecular flexibility index (Phi) is 2.66. The fourth-order valence-electron chi connectivity index (χ4n) is 1.85. The minimum absolute atomic E-state index is 0.516. The number of nitrogens with one attached hydrogen (secondary N) is 1. The van der Waals surface area contributed by atoms with Crippen LogP contribution in [-0.2, 0) is 0 Å². The van der Waals surface area contributed by atoms with Crippen molar-refractivity contribution in [2.75, 3.05) is 13.7 Å². The Morgan fingerprint density at radius 1 is 1.50 bits per heavy atom. The number of halogens is 1. The van der Waals surface area contributed by atoms with Crippen LogP contribution in [0.2, 0.25) is 5.02 Å². The minimum Gasteiger partial charge on any atom is -0.496 e. The van der Waals surface area contributed by atoms with Crippen LogP contribution in [0.5, 0.6) is 5.75 Å². The average Bonchev–Trinajstić information content (AvgIpc) is 2.16. The van der Waals surface area contributed by atoms with Crippen molar-refractivity contribution in [3.63, 3.8) is 0 Å². The molecular formula is C11H14ClNO. The molecular weight excluding hydrogens is 198 g/mol. The maximum absolute atomic E-state index is 5.97. The van der Waals surface area contributed by atoms with Crippen LogP contribution >= 0.6 is 11.6 Å². The van der Waals surface area contributed by atoms with Crippen LogP contribution in [0.25, 0.3) is 0 Å². The van der Waals surface area contributed by atoms with Crippen molar-refractivity contribution >= 4 is 11.6 Å². The number of ether oxygens (including phenoxy) is 1. The summed E-state index contributed by atoms with van der Waals surface area (Å²) in [6, 6.07) is 6.31. The summed E-state index contributed by atoms with van der Waals surface area (Å²) in [6.45, 7) is 3.19. The molecule has 0 saturated carbocycles. The molecule has 0 radical (unpaired) electrons. The third-order valence-corrected chi connectivity index (χ3v) is 3.09. The molecule has 2 unspecified atom stereocenters. The van der Waals surface area contributed by atoms with Crippen LogP contribution in [0.15, 0.2) is 18.2 Å². The lowest BCUT2D eigenvalue weighted by Crippen LogP contribution is -2.48. The van der Waals surface area contributed by atoms with Crippen molar-refractivity contribution in [1.82, 2.24) is 5.32 Å². The molecule has 2 nitrogen and oxygen atoms in total. The van der Waals surface area contributed by atoms with Gasteiger partial charge in [0, 0.05) is 29.1 Å². The highest BCUT2D eigenvalue weighted by Crippen LogP contribution is 2.34. The molecule has 76 valence electrons. The second-order valence-electron chi connectivity index (χ2n) is 3.69. The molecule has 1 N–H and O–H groups in total. The molecule has 2 rings (SSSR count). The first kappa shape index (κ1) is 9.81. The molecule has 1 heterocycles. The molecule has 0 aromatic heterocycles. The second-order valence-corrected chi connectivity index (χ2v) is 4.13. The van der Waals surface area contributed by atoms with Gasteiger partial charge < -0.3 is 10.1 Å². The zero-order valence-corrected chi connectivity index (χ0v) is 9.14. The normalized spacial score (nSPS) is 25.6. The summed E-state index contributed by atoms with van der Waals surface area (Å²) in [5.41, 5.74) is 1.21. The van der Waals surface area contributed by atoms with Crippen molar-refractivity contribution in [1.29, 1.82) is 0 Å². The number of benzene rings is 1. The van der Waals surface area contributed by atoms with Gasteiger partial charge in [0.1, 0.15) is 5.75 Å². The molecule has 1 saturated heterocycles. The smallest absolute Gasteiger partial charge is 0.122 e. The first-order valence-corrected chi connectivity index (χ1v) is 5.17. The second kappa shape index (κ2) is 3.79. The lowest BCUT2D eigenvalue weighted by Gasteiger charge is -2.36. The van der Waals surface area contributed by atoms with E-state index in [0.29, 0.717) is 12.0 Å². The van der Waals surface area contributed by atoms with Gasteiger partial charge in [-0.15, -0.1) is 0 Å². The van der Waals surface area contributed by atoms with E-state index in [0.717, 1.165) is 17.3 Å². The maximum Gasteiger partial charge on any atom is 0.122 e. The Hall–Kier alpha value is -0.730. The van der Waals surface area contributed by atoms with Gasteiger partial charge in [0.05, 0.1) is 7.11 Å². The Bertz CT molecular complexity index is 340. The van der Waals surface area contributed by atoms with Crippen LogP contribution in [0.1, 0.15) is 18.4 Å². The van der Waals surface area contributed by atoms with E-state index in [2.05, 4.69) is 12.2 Å². The molecule has 2 atom stereocenters. The van der Waals surface area contributed by atoms with Crippen molar-refractivity contribution in [3.05, 3.63) is 28.8 Å².